The Balaban J connectivity index is 1.73. The first-order valence-electron chi connectivity index (χ1n) is 6.43. The monoisotopic (exact) mass is 216 g/mol. The Hall–Kier alpha value is -1.02. The summed E-state index contributed by atoms with van der Waals surface area (Å²) in [4.78, 5) is 2.53. The molecule has 1 aliphatic heterocycles. The van der Waals surface area contributed by atoms with Crippen molar-refractivity contribution in [3.8, 4) is 0 Å². The molecule has 3 rings (SSSR count). The number of anilines is 1. The topological polar surface area (TPSA) is 29.3 Å². The zero-order valence-electron chi connectivity index (χ0n) is 9.73. The largest absolute Gasteiger partial charge is 0.371 e. The summed E-state index contributed by atoms with van der Waals surface area (Å²) in [6, 6.07) is 9.23. The molecular formula is C14H20N2. The van der Waals surface area contributed by atoms with E-state index in [2.05, 4.69) is 29.2 Å². The van der Waals surface area contributed by atoms with E-state index in [-0.39, 0.29) is 0 Å². The molecule has 1 aromatic rings. The molecule has 2 N–H and O–H groups in total. The minimum atomic E-state index is 0.438. The average molecular weight is 216 g/mol. The van der Waals surface area contributed by atoms with Gasteiger partial charge in [-0.25, -0.2) is 0 Å². The van der Waals surface area contributed by atoms with Gasteiger partial charge in [-0.2, -0.15) is 0 Å². The van der Waals surface area contributed by atoms with E-state index in [9.17, 15) is 0 Å². The van der Waals surface area contributed by atoms with Gasteiger partial charge in [0.1, 0.15) is 0 Å². The van der Waals surface area contributed by atoms with Gasteiger partial charge in [0.25, 0.3) is 0 Å². The lowest BCUT2D eigenvalue weighted by atomic mass is 10.0. The smallest absolute Gasteiger partial charge is 0.0399 e. The second kappa shape index (κ2) is 4.10. The predicted molar refractivity (Wildman–Crippen MR) is 67.7 cm³/mol. The van der Waals surface area contributed by atoms with E-state index < -0.39 is 0 Å². The molecule has 1 aliphatic carbocycles. The van der Waals surface area contributed by atoms with Crippen molar-refractivity contribution < 1.29 is 0 Å². The zero-order valence-corrected chi connectivity index (χ0v) is 9.73. The van der Waals surface area contributed by atoms with E-state index in [1.54, 1.807) is 0 Å². The number of rotatable bonds is 2. The minimum Gasteiger partial charge on any atom is -0.371 e. The molecule has 0 radical (unpaired) electrons. The number of hydrogen-bond acceptors (Lipinski definition) is 2. The highest BCUT2D eigenvalue weighted by Crippen LogP contribution is 2.31. The lowest BCUT2D eigenvalue weighted by Gasteiger charge is -2.25. The van der Waals surface area contributed by atoms with Crippen molar-refractivity contribution in [2.45, 2.75) is 31.7 Å². The maximum Gasteiger partial charge on any atom is 0.0399 e. The molecule has 2 nitrogen and oxygen atoms in total. The summed E-state index contributed by atoms with van der Waals surface area (Å²) in [7, 11) is 0. The molecule has 1 aromatic carbocycles. The van der Waals surface area contributed by atoms with Gasteiger partial charge in [-0.3, -0.25) is 0 Å². The first-order chi connectivity index (χ1) is 7.84. The fraction of sp³-hybridized carbons (Fsp3) is 0.571. The molecule has 2 unspecified atom stereocenters. The van der Waals surface area contributed by atoms with Crippen molar-refractivity contribution in [2.24, 2.45) is 11.7 Å². The quantitative estimate of drug-likeness (QED) is 0.821. The maximum atomic E-state index is 6.15. The molecule has 1 fully saturated rings. The molecule has 2 heteroatoms. The Morgan fingerprint density at radius 2 is 2.12 bits per heavy atom. The molecule has 2 atom stereocenters. The van der Waals surface area contributed by atoms with E-state index in [1.165, 1.54) is 43.5 Å². The van der Waals surface area contributed by atoms with Crippen LogP contribution in [0.5, 0.6) is 0 Å². The Kier molecular flexibility index (Phi) is 2.60. The number of benzene rings is 1. The van der Waals surface area contributed by atoms with Gasteiger partial charge < -0.3 is 10.6 Å². The van der Waals surface area contributed by atoms with Crippen molar-refractivity contribution in [2.75, 3.05) is 18.0 Å². The summed E-state index contributed by atoms with van der Waals surface area (Å²) in [6.45, 7) is 2.35. The fourth-order valence-electron chi connectivity index (χ4n) is 3.17. The van der Waals surface area contributed by atoms with Crippen LogP contribution in [0.15, 0.2) is 24.3 Å². The zero-order chi connectivity index (χ0) is 11.0. The highest BCUT2D eigenvalue weighted by molar-refractivity contribution is 5.57. The maximum absolute atomic E-state index is 6.15. The van der Waals surface area contributed by atoms with Crippen LogP contribution in [0, 0.1) is 5.92 Å². The van der Waals surface area contributed by atoms with Gasteiger partial charge in [-0.15, -0.1) is 0 Å². The Bertz CT molecular complexity index is 375. The Labute approximate surface area is 97.4 Å². The summed E-state index contributed by atoms with van der Waals surface area (Å²) >= 11 is 0. The molecule has 0 aromatic heterocycles. The van der Waals surface area contributed by atoms with E-state index in [0.717, 1.165) is 6.54 Å². The normalized spacial score (nSPS) is 28.4. The van der Waals surface area contributed by atoms with Crippen LogP contribution in [0.4, 0.5) is 5.69 Å². The Morgan fingerprint density at radius 1 is 1.25 bits per heavy atom. The third-order valence-corrected chi connectivity index (χ3v) is 4.16. The molecule has 0 saturated heterocycles. The van der Waals surface area contributed by atoms with Gasteiger partial charge in [0, 0.05) is 24.8 Å². The van der Waals surface area contributed by atoms with Gasteiger partial charge >= 0.3 is 0 Å². The standard InChI is InChI=1S/C14H20N2/c15-13-6-3-5-12(13)10-16-9-8-11-4-1-2-7-14(11)16/h1-2,4,7,12-13H,3,5-6,8-10,15H2. The first kappa shape index (κ1) is 10.2. The number of hydrogen-bond donors (Lipinski definition) is 1. The van der Waals surface area contributed by atoms with Crippen LogP contribution in [0.1, 0.15) is 24.8 Å². The van der Waals surface area contributed by atoms with Crippen molar-refractivity contribution in [3.63, 3.8) is 0 Å². The van der Waals surface area contributed by atoms with E-state index in [0.29, 0.717) is 12.0 Å². The van der Waals surface area contributed by atoms with Crippen molar-refractivity contribution in [1.29, 1.82) is 0 Å². The molecule has 0 bridgehead atoms. The molecule has 0 spiro atoms. The van der Waals surface area contributed by atoms with Crippen LogP contribution in [0.2, 0.25) is 0 Å². The summed E-state index contributed by atoms with van der Waals surface area (Å²) < 4.78 is 0. The first-order valence-corrected chi connectivity index (χ1v) is 6.43. The molecule has 1 saturated carbocycles. The van der Waals surface area contributed by atoms with Gasteiger partial charge in [0.2, 0.25) is 0 Å². The highest BCUT2D eigenvalue weighted by atomic mass is 15.2. The third kappa shape index (κ3) is 1.71. The van der Waals surface area contributed by atoms with Crippen LogP contribution >= 0.6 is 0 Å². The second-order valence-electron chi connectivity index (χ2n) is 5.18. The summed E-state index contributed by atoms with van der Waals surface area (Å²) in [6.07, 6.45) is 5.07. The van der Waals surface area contributed by atoms with Gasteiger partial charge in [-0.1, -0.05) is 24.6 Å². The lowest BCUT2D eigenvalue weighted by molar-refractivity contribution is 0.477. The van der Waals surface area contributed by atoms with Gasteiger partial charge in [0.15, 0.2) is 0 Å². The van der Waals surface area contributed by atoms with Crippen molar-refractivity contribution in [1.82, 2.24) is 0 Å². The van der Waals surface area contributed by atoms with E-state index in [4.69, 9.17) is 5.73 Å². The molecule has 0 amide bonds. The number of para-hydroxylation sites is 1. The predicted octanol–water partition coefficient (Wildman–Crippen LogP) is 2.18. The van der Waals surface area contributed by atoms with E-state index >= 15 is 0 Å². The number of fused-ring (bicyclic) bond motifs is 1. The average Bonchev–Trinajstić information content (AvgIpc) is 2.88. The van der Waals surface area contributed by atoms with Gasteiger partial charge in [0.05, 0.1) is 0 Å². The SMILES string of the molecule is NC1CCCC1CN1CCc2ccccc21. The van der Waals surface area contributed by atoms with Crippen LogP contribution in [0.3, 0.4) is 0 Å². The van der Waals surface area contributed by atoms with Crippen molar-refractivity contribution in [3.05, 3.63) is 29.8 Å². The van der Waals surface area contributed by atoms with Crippen molar-refractivity contribution >= 4 is 5.69 Å². The lowest BCUT2D eigenvalue weighted by Crippen LogP contribution is -2.35. The second-order valence-corrected chi connectivity index (χ2v) is 5.18. The molecule has 2 aliphatic rings. The molecule has 1 heterocycles. The highest BCUT2D eigenvalue weighted by Gasteiger charge is 2.28. The van der Waals surface area contributed by atoms with Crippen LogP contribution in [-0.2, 0) is 6.42 Å². The van der Waals surface area contributed by atoms with E-state index in [1.807, 2.05) is 0 Å². The molecule has 16 heavy (non-hydrogen) atoms. The number of nitrogens with two attached hydrogens (primary N) is 1. The number of nitrogens with zero attached hydrogens (tertiary/aromatic N) is 1. The van der Waals surface area contributed by atoms with Gasteiger partial charge in [-0.05, 0) is 36.8 Å². The minimum absolute atomic E-state index is 0.438. The molecular weight excluding hydrogens is 196 g/mol. The van der Waals surface area contributed by atoms with Crippen LogP contribution < -0.4 is 10.6 Å². The van der Waals surface area contributed by atoms with Crippen LogP contribution in [-0.4, -0.2) is 19.1 Å². The summed E-state index contributed by atoms with van der Waals surface area (Å²) in [5.41, 5.74) is 9.10. The Morgan fingerprint density at radius 3 is 2.94 bits per heavy atom. The fourth-order valence-corrected chi connectivity index (χ4v) is 3.17. The summed E-state index contributed by atoms with van der Waals surface area (Å²) in [5, 5.41) is 0. The third-order valence-electron chi connectivity index (χ3n) is 4.16. The summed E-state index contributed by atoms with van der Waals surface area (Å²) in [5.74, 6) is 0.714. The molecule has 86 valence electrons. The van der Waals surface area contributed by atoms with Crippen LogP contribution in [0.25, 0.3) is 0 Å².